The van der Waals surface area contributed by atoms with Crippen molar-refractivity contribution in [2.45, 2.75) is 19.4 Å². The summed E-state index contributed by atoms with van der Waals surface area (Å²) in [5, 5.41) is 0. The van der Waals surface area contributed by atoms with Gasteiger partial charge in [-0.25, -0.2) is 4.98 Å². The van der Waals surface area contributed by atoms with E-state index in [9.17, 15) is 4.79 Å². The Hall–Kier alpha value is -2.66. The molecule has 0 spiro atoms. The van der Waals surface area contributed by atoms with Gasteiger partial charge in [0.05, 0.1) is 11.0 Å². The van der Waals surface area contributed by atoms with Gasteiger partial charge in [-0.15, -0.1) is 0 Å². The Bertz CT molecular complexity index is 942. The van der Waals surface area contributed by atoms with Crippen LogP contribution in [0.5, 0.6) is 0 Å². The number of hydrogen-bond donors (Lipinski definition) is 0. The Kier molecular flexibility index (Phi) is 4.24. The quantitative estimate of drug-likeness (QED) is 0.730. The number of carbonyl (C=O) groups excluding carboxylic acids is 1. The number of nitrogens with zero attached hydrogens (tertiary/aromatic N) is 4. The summed E-state index contributed by atoms with van der Waals surface area (Å²) in [6.07, 6.45) is 2.88. The van der Waals surface area contributed by atoms with Crippen LogP contribution < -0.4 is 0 Å². The lowest BCUT2D eigenvalue weighted by molar-refractivity contribution is 0.0783. The van der Waals surface area contributed by atoms with Gasteiger partial charge in [-0.2, -0.15) is 0 Å². The first kappa shape index (κ1) is 16.8. The average molecular weight is 348 g/mol. The van der Waals surface area contributed by atoms with E-state index >= 15 is 0 Å². The van der Waals surface area contributed by atoms with Gasteiger partial charge < -0.3 is 9.80 Å². The molecule has 1 saturated heterocycles. The molecule has 2 heterocycles. The molecule has 0 saturated carbocycles. The molecule has 1 aromatic heterocycles. The van der Waals surface area contributed by atoms with Gasteiger partial charge in [0.1, 0.15) is 6.33 Å². The lowest BCUT2D eigenvalue weighted by atomic mass is 10.1. The number of likely N-dealkylation sites (tertiary alicyclic amines) is 1. The third kappa shape index (κ3) is 2.99. The minimum absolute atomic E-state index is 0.118. The predicted octanol–water partition coefficient (Wildman–Crippen LogP) is 3.11. The van der Waals surface area contributed by atoms with Crippen molar-refractivity contribution in [3.8, 4) is 5.69 Å². The van der Waals surface area contributed by atoms with Gasteiger partial charge in [-0.05, 0) is 69.4 Å². The van der Waals surface area contributed by atoms with Crippen molar-refractivity contribution in [2.24, 2.45) is 0 Å². The Morgan fingerprint density at radius 1 is 1.15 bits per heavy atom. The number of hydrogen-bond acceptors (Lipinski definition) is 3. The van der Waals surface area contributed by atoms with Crippen LogP contribution in [0.2, 0.25) is 0 Å². The number of amides is 1. The highest BCUT2D eigenvalue weighted by Gasteiger charge is 2.27. The van der Waals surface area contributed by atoms with Gasteiger partial charge >= 0.3 is 0 Å². The molecule has 2 aromatic carbocycles. The second-order valence-corrected chi connectivity index (χ2v) is 7.31. The molecule has 1 unspecified atom stereocenters. The normalized spacial score (nSPS) is 17.4. The van der Waals surface area contributed by atoms with E-state index in [-0.39, 0.29) is 5.91 Å². The van der Waals surface area contributed by atoms with E-state index in [1.54, 1.807) is 0 Å². The van der Waals surface area contributed by atoms with Gasteiger partial charge in [-0.3, -0.25) is 9.36 Å². The maximum absolute atomic E-state index is 12.8. The molecular weight excluding hydrogens is 324 g/mol. The lowest BCUT2D eigenvalue weighted by Gasteiger charge is -2.20. The highest BCUT2D eigenvalue weighted by Crippen LogP contribution is 2.21. The smallest absolute Gasteiger partial charge is 0.253 e. The summed E-state index contributed by atoms with van der Waals surface area (Å²) in [5.74, 6) is 0.118. The number of likely N-dealkylation sites (N-methyl/N-ethyl adjacent to an activating group) is 1. The summed E-state index contributed by atoms with van der Waals surface area (Å²) in [4.78, 5) is 21.4. The Labute approximate surface area is 153 Å². The van der Waals surface area contributed by atoms with E-state index in [0.717, 1.165) is 41.8 Å². The van der Waals surface area contributed by atoms with Gasteiger partial charge in [0.2, 0.25) is 0 Å². The summed E-state index contributed by atoms with van der Waals surface area (Å²) < 4.78 is 2.06. The van der Waals surface area contributed by atoms with Crippen molar-refractivity contribution in [2.75, 3.05) is 27.2 Å². The van der Waals surface area contributed by atoms with Crippen molar-refractivity contribution >= 4 is 16.9 Å². The van der Waals surface area contributed by atoms with Crippen molar-refractivity contribution < 1.29 is 4.79 Å². The Balaban J connectivity index is 1.57. The first-order valence-electron chi connectivity index (χ1n) is 9.03. The molecule has 26 heavy (non-hydrogen) atoms. The Morgan fingerprint density at radius 3 is 2.62 bits per heavy atom. The second kappa shape index (κ2) is 6.57. The molecule has 0 bridgehead atoms. The lowest BCUT2D eigenvalue weighted by Crippen LogP contribution is -2.34. The van der Waals surface area contributed by atoms with Crippen LogP contribution in [-0.2, 0) is 0 Å². The number of imidazole rings is 1. The monoisotopic (exact) mass is 348 g/mol. The Morgan fingerprint density at radius 2 is 1.92 bits per heavy atom. The number of fused-ring (bicyclic) bond motifs is 1. The molecule has 0 radical (unpaired) electrons. The maximum Gasteiger partial charge on any atom is 0.253 e. The molecule has 0 aliphatic carbocycles. The summed E-state index contributed by atoms with van der Waals surface area (Å²) in [6.45, 7) is 3.71. The van der Waals surface area contributed by atoms with E-state index in [2.05, 4.69) is 47.6 Å². The second-order valence-electron chi connectivity index (χ2n) is 7.31. The summed E-state index contributed by atoms with van der Waals surface area (Å²) in [5.41, 5.74) is 5.02. The summed E-state index contributed by atoms with van der Waals surface area (Å²) >= 11 is 0. The van der Waals surface area contributed by atoms with Crippen molar-refractivity contribution in [3.63, 3.8) is 0 Å². The summed E-state index contributed by atoms with van der Waals surface area (Å²) in [7, 11) is 4.15. The SMILES string of the molecule is Cc1ccc2ncn(-c3ccc(C(=O)N4CCC(N(C)C)C4)cc3)c2c1. The van der Waals surface area contributed by atoms with Crippen LogP contribution in [0, 0.1) is 6.92 Å². The van der Waals surface area contributed by atoms with Crippen molar-refractivity contribution in [3.05, 3.63) is 59.9 Å². The minimum Gasteiger partial charge on any atom is -0.337 e. The molecule has 0 N–H and O–H groups in total. The van der Waals surface area contributed by atoms with Gasteiger partial charge in [0.15, 0.2) is 0 Å². The predicted molar refractivity (Wildman–Crippen MR) is 104 cm³/mol. The van der Waals surface area contributed by atoms with E-state index in [1.165, 1.54) is 5.56 Å². The molecule has 1 fully saturated rings. The third-order valence-corrected chi connectivity index (χ3v) is 5.28. The molecule has 1 aliphatic heterocycles. The van der Waals surface area contributed by atoms with E-state index < -0.39 is 0 Å². The maximum atomic E-state index is 12.8. The largest absolute Gasteiger partial charge is 0.337 e. The standard InChI is InChI=1S/C21H24N4O/c1-15-4-9-19-20(12-15)25(14-22-19)17-7-5-16(6-8-17)21(26)24-11-10-18(13-24)23(2)3/h4-9,12,14,18H,10-11,13H2,1-3H3. The molecule has 4 rings (SSSR count). The molecule has 5 nitrogen and oxygen atoms in total. The topological polar surface area (TPSA) is 41.4 Å². The third-order valence-electron chi connectivity index (χ3n) is 5.28. The molecular formula is C21H24N4O. The zero-order valence-electron chi connectivity index (χ0n) is 15.5. The molecule has 3 aromatic rings. The van der Waals surface area contributed by atoms with E-state index in [4.69, 9.17) is 0 Å². The zero-order chi connectivity index (χ0) is 18.3. The molecule has 134 valence electrons. The number of carbonyl (C=O) groups is 1. The van der Waals surface area contributed by atoms with Crippen LogP contribution in [-0.4, -0.2) is 58.5 Å². The highest BCUT2D eigenvalue weighted by molar-refractivity contribution is 5.94. The molecule has 1 aliphatic rings. The number of aromatic nitrogens is 2. The van der Waals surface area contributed by atoms with Crippen LogP contribution in [0.4, 0.5) is 0 Å². The minimum atomic E-state index is 0.118. The number of benzene rings is 2. The number of rotatable bonds is 3. The van der Waals surface area contributed by atoms with Crippen LogP contribution in [0.3, 0.4) is 0 Å². The van der Waals surface area contributed by atoms with Crippen molar-refractivity contribution in [1.29, 1.82) is 0 Å². The average Bonchev–Trinajstić information content (AvgIpc) is 3.28. The summed E-state index contributed by atoms with van der Waals surface area (Å²) in [6, 6.07) is 14.5. The number of aryl methyl sites for hydroxylation is 1. The first-order chi connectivity index (χ1) is 12.5. The fraction of sp³-hybridized carbons (Fsp3) is 0.333. The fourth-order valence-electron chi connectivity index (χ4n) is 3.62. The van der Waals surface area contributed by atoms with Crippen LogP contribution in [0.1, 0.15) is 22.3 Å². The molecule has 1 amide bonds. The van der Waals surface area contributed by atoms with Gasteiger partial charge in [0.25, 0.3) is 5.91 Å². The van der Waals surface area contributed by atoms with Gasteiger partial charge in [0, 0.05) is 30.4 Å². The molecule has 1 atom stereocenters. The molecule has 5 heteroatoms. The first-order valence-corrected chi connectivity index (χ1v) is 9.03. The van der Waals surface area contributed by atoms with Gasteiger partial charge in [-0.1, -0.05) is 6.07 Å². The van der Waals surface area contributed by atoms with Crippen LogP contribution in [0.25, 0.3) is 16.7 Å². The van der Waals surface area contributed by atoms with E-state index in [0.29, 0.717) is 6.04 Å². The zero-order valence-corrected chi connectivity index (χ0v) is 15.5. The van der Waals surface area contributed by atoms with Crippen LogP contribution >= 0.6 is 0 Å². The fourth-order valence-corrected chi connectivity index (χ4v) is 3.62. The highest BCUT2D eigenvalue weighted by atomic mass is 16.2. The van der Waals surface area contributed by atoms with Crippen molar-refractivity contribution in [1.82, 2.24) is 19.4 Å². The van der Waals surface area contributed by atoms with E-state index in [1.807, 2.05) is 41.6 Å². The van der Waals surface area contributed by atoms with Crippen LogP contribution in [0.15, 0.2) is 48.8 Å².